The fourth-order valence-corrected chi connectivity index (χ4v) is 4.88. The molecule has 32 heavy (non-hydrogen) atoms. The summed E-state index contributed by atoms with van der Waals surface area (Å²) in [5.41, 5.74) is 4.33. The van der Waals surface area contributed by atoms with E-state index in [-0.39, 0.29) is 17.3 Å². The number of carbonyl (C=O) groups is 1. The molecule has 0 saturated carbocycles. The highest BCUT2D eigenvalue weighted by atomic mass is 35.5. The molecule has 0 aromatic heterocycles. The zero-order valence-electron chi connectivity index (χ0n) is 17.5. The van der Waals surface area contributed by atoms with Crippen molar-refractivity contribution >= 4 is 28.8 Å². The van der Waals surface area contributed by atoms with Gasteiger partial charge in [0.2, 0.25) is 0 Å². The highest BCUT2D eigenvalue weighted by molar-refractivity contribution is 6.31. The van der Waals surface area contributed by atoms with E-state index in [1.807, 2.05) is 48.5 Å². The molecule has 0 radical (unpaired) electrons. The van der Waals surface area contributed by atoms with Gasteiger partial charge >= 0.3 is 0 Å². The number of fused-ring (bicyclic) bond motifs is 1. The Morgan fingerprint density at radius 3 is 2.44 bits per heavy atom. The molecule has 0 spiro atoms. The van der Waals surface area contributed by atoms with E-state index in [1.165, 1.54) is 6.07 Å². The zero-order chi connectivity index (χ0) is 22.2. The number of halogens is 2. The van der Waals surface area contributed by atoms with Crippen LogP contribution in [0.25, 0.3) is 0 Å². The number of allylic oxidation sites excluding steroid dienone is 1. The van der Waals surface area contributed by atoms with E-state index >= 15 is 0 Å². The van der Waals surface area contributed by atoms with Gasteiger partial charge in [-0.2, -0.15) is 0 Å². The number of rotatable bonds is 3. The summed E-state index contributed by atoms with van der Waals surface area (Å²) >= 11 is 6.43. The van der Waals surface area contributed by atoms with E-state index in [9.17, 15) is 9.18 Å². The Kier molecular flexibility index (Phi) is 5.35. The second-order valence-electron chi connectivity index (χ2n) is 8.08. The lowest BCUT2D eigenvalue weighted by Gasteiger charge is -2.30. The third-order valence-corrected chi connectivity index (χ3v) is 6.51. The molecule has 0 fully saturated rings. The quantitative estimate of drug-likeness (QED) is 0.482. The molecule has 2 N–H and O–H groups in total. The van der Waals surface area contributed by atoms with Crippen molar-refractivity contribution in [1.29, 1.82) is 0 Å². The van der Waals surface area contributed by atoms with Crippen LogP contribution in [0.5, 0.6) is 5.75 Å². The Bertz CT molecular complexity index is 1200. The predicted molar refractivity (Wildman–Crippen MR) is 125 cm³/mol. The van der Waals surface area contributed by atoms with Crippen molar-refractivity contribution in [2.24, 2.45) is 0 Å². The van der Waals surface area contributed by atoms with Gasteiger partial charge in [0.05, 0.1) is 24.5 Å². The summed E-state index contributed by atoms with van der Waals surface area (Å²) in [6.45, 7) is 0. The van der Waals surface area contributed by atoms with Gasteiger partial charge in [0.15, 0.2) is 5.78 Å². The van der Waals surface area contributed by atoms with Gasteiger partial charge in [0.25, 0.3) is 0 Å². The monoisotopic (exact) mass is 448 g/mol. The molecule has 5 rings (SSSR count). The van der Waals surface area contributed by atoms with Crippen LogP contribution in [0.4, 0.5) is 15.8 Å². The summed E-state index contributed by atoms with van der Waals surface area (Å²) in [5, 5.41) is 7.12. The Labute approximate surface area is 191 Å². The minimum Gasteiger partial charge on any atom is -0.497 e. The zero-order valence-corrected chi connectivity index (χ0v) is 18.2. The maximum atomic E-state index is 15.0. The maximum absolute atomic E-state index is 15.0. The summed E-state index contributed by atoms with van der Waals surface area (Å²) in [6, 6.07) is 19.4. The maximum Gasteiger partial charge on any atom is 0.163 e. The molecule has 3 aromatic rings. The highest BCUT2D eigenvalue weighted by Gasteiger charge is 2.37. The number of Topliss-reactive ketones (excluding diaryl/α,β-unsaturated/α-hetero) is 1. The van der Waals surface area contributed by atoms with Crippen LogP contribution in [0.3, 0.4) is 0 Å². The van der Waals surface area contributed by atoms with Crippen LogP contribution < -0.4 is 15.4 Å². The molecule has 4 nitrogen and oxygen atoms in total. The first-order valence-corrected chi connectivity index (χ1v) is 10.9. The molecule has 6 heteroatoms. The number of hydrogen-bond acceptors (Lipinski definition) is 4. The van der Waals surface area contributed by atoms with Gasteiger partial charge in [0, 0.05) is 28.3 Å². The molecule has 1 heterocycles. The summed E-state index contributed by atoms with van der Waals surface area (Å²) in [5.74, 6) is 0.327. The second kappa shape index (κ2) is 8.32. The average molecular weight is 449 g/mol. The molecule has 162 valence electrons. The summed E-state index contributed by atoms with van der Waals surface area (Å²) in [4.78, 5) is 13.5. The molecular weight excluding hydrogens is 427 g/mol. The minimum absolute atomic E-state index is 0.0154. The van der Waals surface area contributed by atoms with Gasteiger partial charge in [-0.25, -0.2) is 4.39 Å². The van der Waals surface area contributed by atoms with Crippen LogP contribution in [0.1, 0.15) is 35.9 Å². The normalized spacial score (nSPS) is 19.9. The molecule has 2 aliphatic rings. The average Bonchev–Trinajstić information content (AvgIpc) is 2.96. The molecule has 1 aliphatic carbocycles. The SMILES string of the molecule is COc1ccc([C@H]2CC(=O)C3=C(C2)Nc2ccccc2N[C@H]3c2c(F)cccc2Cl)cc1. The van der Waals surface area contributed by atoms with Crippen molar-refractivity contribution in [3.05, 3.63) is 100.0 Å². The number of hydrogen-bond donors (Lipinski definition) is 2. The first kappa shape index (κ1) is 20.6. The van der Waals surface area contributed by atoms with Gasteiger partial charge in [-0.1, -0.05) is 41.9 Å². The highest BCUT2D eigenvalue weighted by Crippen LogP contribution is 2.45. The lowest BCUT2D eigenvalue weighted by Crippen LogP contribution is -2.27. The number of methoxy groups -OCH3 is 1. The molecule has 1 aliphatic heterocycles. The van der Waals surface area contributed by atoms with Crippen LogP contribution in [0, 0.1) is 5.82 Å². The minimum atomic E-state index is -0.681. The van der Waals surface area contributed by atoms with Crippen molar-refractivity contribution in [3.63, 3.8) is 0 Å². The van der Waals surface area contributed by atoms with E-state index in [0.29, 0.717) is 23.4 Å². The van der Waals surface area contributed by atoms with Crippen LogP contribution in [-0.4, -0.2) is 12.9 Å². The molecular formula is C26H22ClFN2O2. The number of carbonyl (C=O) groups excluding carboxylic acids is 1. The third-order valence-electron chi connectivity index (χ3n) is 6.18. The van der Waals surface area contributed by atoms with Crippen LogP contribution in [-0.2, 0) is 4.79 Å². The molecule has 0 saturated heterocycles. The molecule has 3 aromatic carbocycles. The van der Waals surface area contributed by atoms with Crippen LogP contribution in [0.15, 0.2) is 78.0 Å². The molecule has 0 bridgehead atoms. The van der Waals surface area contributed by atoms with Crippen molar-refractivity contribution < 1.29 is 13.9 Å². The summed E-state index contributed by atoms with van der Waals surface area (Å²) < 4.78 is 20.2. The predicted octanol–water partition coefficient (Wildman–Crippen LogP) is 6.47. The Hall–Kier alpha value is -3.31. The van der Waals surface area contributed by atoms with E-state index in [0.717, 1.165) is 28.4 Å². The molecule has 0 unspecified atom stereocenters. The standard InChI is InChI=1S/C26H22ClFN2O2/c1-32-17-11-9-15(10-12-17)16-13-22-25(23(31)14-16)26(24-18(27)5-4-6-19(24)28)30-21-8-3-2-7-20(21)29-22/h2-12,16,26,29-30H,13-14H2,1H3/t16-,26+/m1/s1. The number of nitrogens with one attached hydrogen (secondary N) is 2. The van der Waals surface area contributed by atoms with E-state index in [4.69, 9.17) is 16.3 Å². The fourth-order valence-electron chi connectivity index (χ4n) is 4.61. The number of para-hydroxylation sites is 2. The van der Waals surface area contributed by atoms with Crippen molar-refractivity contribution in [1.82, 2.24) is 0 Å². The molecule has 0 amide bonds. The fraction of sp³-hybridized carbons (Fsp3) is 0.192. The van der Waals surface area contributed by atoms with Gasteiger partial charge in [-0.15, -0.1) is 0 Å². The lowest BCUT2D eigenvalue weighted by molar-refractivity contribution is -0.116. The van der Waals surface area contributed by atoms with E-state index in [2.05, 4.69) is 10.6 Å². The second-order valence-corrected chi connectivity index (χ2v) is 8.48. The van der Waals surface area contributed by atoms with Crippen LogP contribution in [0.2, 0.25) is 5.02 Å². The smallest absolute Gasteiger partial charge is 0.163 e. The van der Waals surface area contributed by atoms with Crippen molar-refractivity contribution in [3.8, 4) is 5.75 Å². The summed E-state index contributed by atoms with van der Waals surface area (Å²) in [7, 11) is 1.63. The van der Waals surface area contributed by atoms with Crippen LogP contribution >= 0.6 is 11.6 Å². The Balaban J connectivity index is 1.62. The van der Waals surface area contributed by atoms with Gasteiger partial charge in [-0.3, -0.25) is 4.79 Å². The first-order chi connectivity index (χ1) is 15.5. The Morgan fingerprint density at radius 1 is 0.969 bits per heavy atom. The van der Waals surface area contributed by atoms with Crippen molar-refractivity contribution in [2.45, 2.75) is 24.8 Å². The van der Waals surface area contributed by atoms with Gasteiger partial charge in [-0.05, 0) is 54.3 Å². The Morgan fingerprint density at radius 2 is 1.72 bits per heavy atom. The molecule has 2 atom stereocenters. The third kappa shape index (κ3) is 3.63. The van der Waals surface area contributed by atoms with E-state index in [1.54, 1.807) is 19.2 Å². The number of ketones is 1. The number of benzene rings is 3. The van der Waals surface area contributed by atoms with Gasteiger partial charge < -0.3 is 15.4 Å². The van der Waals surface area contributed by atoms with E-state index < -0.39 is 11.9 Å². The first-order valence-electron chi connectivity index (χ1n) is 10.5. The topological polar surface area (TPSA) is 50.4 Å². The number of anilines is 2. The summed E-state index contributed by atoms with van der Waals surface area (Å²) in [6.07, 6.45) is 0.972. The lowest BCUT2D eigenvalue weighted by atomic mass is 9.78. The largest absolute Gasteiger partial charge is 0.497 e. The van der Waals surface area contributed by atoms with Crippen molar-refractivity contribution in [2.75, 3.05) is 17.7 Å². The number of ether oxygens (including phenoxy) is 1. The van der Waals surface area contributed by atoms with Gasteiger partial charge in [0.1, 0.15) is 11.6 Å².